The number of ether oxygens (including phenoxy) is 1. The summed E-state index contributed by atoms with van der Waals surface area (Å²) in [5.74, 6) is 0.818. The van der Waals surface area contributed by atoms with E-state index in [-0.39, 0.29) is 6.09 Å². The number of amides is 1. The molecule has 1 atom stereocenters. The lowest BCUT2D eigenvalue weighted by Crippen LogP contribution is -2.42. The van der Waals surface area contributed by atoms with Crippen molar-refractivity contribution in [3.8, 4) is 0 Å². The van der Waals surface area contributed by atoms with Crippen LogP contribution in [0.4, 0.5) is 4.79 Å². The Morgan fingerprint density at radius 1 is 1.39 bits per heavy atom. The van der Waals surface area contributed by atoms with Gasteiger partial charge in [-0.1, -0.05) is 11.6 Å². The molecule has 0 saturated carbocycles. The van der Waals surface area contributed by atoms with Crippen LogP contribution in [0.1, 0.15) is 33.6 Å². The molecule has 1 aromatic heterocycles. The van der Waals surface area contributed by atoms with Gasteiger partial charge in [-0.15, -0.1) is 0 Å². The van der Waals surface area contributed by atoms with E-state index in [0.717, 1.165) is 12.8 Å². The highest BCUT2D eigenvalue weighted by Gasteiger charge is 2.27. The van der Waals surface area contributed by atoms with E-state index in [1.165, 1.54) is 12.4 Å². The van der Waals surface area contributed by atoms with Crippen LogP contribution in [0.25, 0.3) is 0 Å². The molecule has 0 aromatic carbocycles. The maximum Gasteiger partial charge on any atom is 0.410 e. The maximum atomic E-state index is 12.3. The summed E-state index contributed by atoms with van der Waals surface area (Å²) in [5.41, 5.74) is -0.484. The molecule has 1 aliphatic heterocycles. The number of nitrogens with zero attached hydrogens (tertiary/aromatic N) is 3. The summed E-state index contributed by atoms with van der Waals surface area (Å²) >= 11 is 5.79. The van der Waals surface area contributed by atoms with Crippen molar-refractivity contribution in [1.82, 2.24) is 14.9 Å². The van der Waals surface area contributed by atoms with Crippen LogP contribution >= 0.6 is 11.6 Å². The Morgan fingerprint density at radius 3 is 2.61 bits per heavy atom. The third-order valence-electron chi connectivity index (χ3n) is 3.50. The summed E-state index contributed by atoms with van der Waals surface area (Å²) in [4.78, 5) is 21.5. The monoisotopic (exact) mass is 359 g/mol. The third-order valence-corrected chi connectivity index (χ3v) is 5.17. The number of carbonyl (C=O) groups is 1. The molecule has 0 bridgehead atoms. The Morgan fingerprint density at radius 2 is 2.04 bits per heavy atom. The van der Waals surface area contributed by atoms with Crippen LogP contribution < -0.4 is 0 Å². The van der Waals surface area contributed by atoms with E-state index < -0.39 is 16.4 Å². The molecule has 128 valence electrons. The van der Waals surface area contributed by atoms with Crippen molar-refractivity contribution in [3.05, 3.63) is 17.5 Å². The molecule has 8 heteroatoms. The van der Waals surface area contributed by atoms with E-state index in [4.69, 9.17) is 16.3 Å². The van der Waals surface area contributed by atoms with Crippen molar-refractivity contribution < 1.29 is 13.7 Å². The zero-order chi connectivity index (χ0) is 17.0. The summed E-state index contributed by atoms with van der Waals surface area (Å²) in [5, 5.41) is 0.752. The smallest absolute Gasteiger partial charge is 0.410 e. The number of carbonyl (C=O) groups excluding carboxylic acids is 1. The van der Waals surface area contributed by atoms with Gasteiger partial charge in [0.2, 0.25) is 0 Å². The van der Waals surface area contributed by atoms with Gasteiger partial charge in [0.05, 0.1) is 10.8 Å². The van der Waals surface area contributed by atoms with Gasteiger partial charge < -0.3 is 9.64 Å². The van der Waals surface area contributed by atoms with Crippen LogP contribution in [-0.4, -0.2) is 49.6 Å². The van der Waals surface area contributed by atoms with Gasteiger partial charge in [-0.2, -0.15) is 0 Å². The molecule has 23 heavy (non-hydrogen) atoms. The number of piperidine rings is 1. The molecule has 6 nitrogen and oxygen atoms in total. The Hall–Kier alpha value is -1.21. The Bertz CT molecular complexity index is 584. The molecule has 0 aliphatic carbocycles. The summed E-state index contributed by atoms with van der Waals surface area (Å²) < 4.78 is 17.7. The second-order valence-electron chi connectivity index (χ2n) is 6.60. The van der Waals surface area contributed by atoms with Gasteiger partial charge in [0.25, 0.3) is 0 Å². The molecule has 2 rings (SSSR count). The van der Waals surface area contributed by atoms with Gasteiger partial charge >= 0.3 is 6.09 Å². The van der Waals surface area contributed by atoms with Crippen molar-refractivity contribution in [1.29, 1.82) is 0 Å². The first-order valence-corrected chi connectivity index (χ1v) is 9.28. The standard InChI is InChI=1S/C15H22ClN3O3S/c1-15(2,3)22-14(20)19-6-4-11(5-7-19)9-23(21)13-8-12(16)17-10-18-13/h8,10-11H,4-7,9H2,1-3H3/t23-/m0/s1. The van der Waals surface area contributed by atoms with Crippen LogP contribution in [0.5, 0.6) is 0 Å². The average Bonchev–Trinajstić information content (AvgIpc) is 2.46. The molecule has 2 heterocycles. The van der Waals surface area contributed by atoms with E-state index in [1.54, 1.807) is 4.90 Å². The number of halogens is 1. The predicted octanol–water partition coefficient (Wildman–Crippen LogP) is 2.88. The Labute approximate surface area is 144 Å². The van der Waals surface area contributed by atoms with Gasteiger partial charge in [-0.05, 0) is 39.5 Å². The predicted molar refractivity (Wildman–Crippen MR) is 88.8 cm³/mol. The number of aromatic nitrogens is 2. The SMILES string of the molecule is CC(C)(C)OC(=O)N1CCC(C[S@](=O)c2cc(Cl)ncn2)CC1. The molecule has 1 aromatic rings. The van der Waals surface area contributed by atoms with Crippen LogP contribution in [0.3, 0.4) is 0 Å². The second-order valence-corrected chi connectivity index (χ2v) is 8.43. The molecule has 1 saturated heterocycles. The number of likely N-dealkylation sites (tertiary alicyclic amines) is 1. The minimum absolute atomic E-state index is 0.278. The van der Waals surface area contributed by atoms with Crippen molar-refractivity contribution in [2.45, 2.75) is 44.2 Å². The molecular formula is C15H22ClN3O3S. The van der Waals surface area contributed by atoms with Crippen LogP contribution in [0, 0.1) is 5.92 Å². The van der Waals surface area contributed by atoms with E-state index in [2.05, 4.69) is 9.97 Å². The molecular weight excluding hydrogens is 338 g/mol. The van der Waals surface area contributed by atoms with E-state index in [9.17, 15) is 9.00 Å². The Kier molecular flexibility index (Phi) is 5.97. The Balaban J connectivity index is 1.83. The summed E-state index contributed by atoms with van der Waals surface area (Å²) in [6.07, 6.45) is 2.66. The van der Waals surface area contributed by atoms with Crippen molar-refractivity contribution in [2.75, 3.05) is 18.8 Å². The summed E-state index contributed by atoms with van der Waals surface area (Å²) in [7, 11) is -1.20. The van der Waals surface area contributed by atoms with E-state index in [0.29, 0.717) is 34.9 Å². The molecule has 0 unspecified atom stereocenters. The normalized spacial score (nSPS) is 17.8. The van der Waals surface area contributed by atoms with Gasteiger partial charge in [0.15, 0.2) is 0 Å². The van der Waals surface area contributed by atoms with Crippen molar-refractivity contribution >= 4 is 28.5 Å². The van der Waals surface area contributed by atoms with Gasteiger partial charge in [-0.3, -0.25) is 4.21 Å². The minimum atomic E-state index is -1.20. The first kappa shape index (κ1) is 18.1. The lowest BCUT2D eigenvalue weighted by Gasteiger charge is -2.33. The van der Waals surface area contributed by atoms with Gasteiger partial charge in [0.1, 0.15) is 22.1 Å². The zero-order valence-electron chi connectivity index (χ0n) is 13.6. The maximum absolute atomic E-state index is 12.3. The topological polar surface area (TPSA) is 72.4 Å². The third kappa shape index (κ3) is 5.73. The quantitative estimate of drug-likeness (QED) is 0.776. The molecule has 1 aliphatic rings. The first-order valence-electron chi connectivity index (χ1n) is 7.58. The average molecular weight is 360 g/mol. The fraction of sp³-hybridized carbons (Fsp3) is 0.667. The number of hydrogen-bond acceptors (Lipinski definition) is 5. The lowest BCUT2D eigenvalue weighted by atomic mass is 9.99. The summed E-state index contributed by atoms with van der Waals surface area (Å²) in [6.45, 7) is 6.82. The minimum Gasteiger partial charge on any atom is -0.444 e. The number of rotatable bonds is 3. The highest BCUT2D eigenvalue weighted by molar-refractivity contribution is 7.84. The van der Waals surface area contributed by atoms with Crippen molar-refractivity contribution in [2.24, 2.45) is 5.92 Å². The van der Waals surface area contributed by atoms with E-state index >= 15 is 0 Å². The van der Waals surface area contributed by atoms with Crippen LogP contribution in [-0.2, 0) is 15.5 Å². The summed E-state index contributed by atoms with van der Waals surface area (Å²) in [6, 6.07) is 1.54. The molecule has 0 radical (unpaired) electrons. The van der Waals surface area contributed by atoms with Gasteiger partial charge in [0, 0.05) is 24.9 Å². The van der Waals surface area contributed by atoms with Crippen LogP contribution in [0.15, 0.2) is 17.4 Å². The van der Waals surface area contributed by atoms with E-state index in [1.807, 2.05) is 20.8 Å². The van der Waals surface area contributed by atoms with Gasteiger partial charge in [-0.25, -0.2) is 14.8 Å². The lowest BCUT2D eigenvalue weighted by molar-refractivity contribution is 0.0191. The molecule has 0 N–H and O–H groups in total. The van der Waals surface area contributed by atoms with Crippen molar-refractivity contribution in [3.63, 3.8) is 0 Å². The fourth-order valence-electron chi connectivity index (χ4n) is 2.35. The zero-order valence-corrected chi connectivity index (χ0v) is 15.2. The molecule has 1 fully saturated rings. The number of hydrogen-bond donors (Lipinski definition) is 0. The second kappa shape index (κ2) is 7.57. The largest absolute Gasteiger partial charge is 0.444 e. The molecule has 0 spiro atoms. The molecule has 1 amide bonds. The fourth-order valence-corrected chi connectivity index (χ4v) is 3.90. The van der Waals surface area contributed by atoms with Crippen LogP contribution in [0.2, 0.25) is 5.15 Å². The highest BCUT2D eigenvalue weighted by Crippen LogP contribution is 2.22. The highest BCUT2D eigenvalue weighted by atomic mass is 35.5. The first-order chi connectivity index (χ1) is 10.7.